The second kappa shape index (κ2) is 11.9. The number of carbonyl (C=O) groups excluding carboxylic acids is 3. The van der Waals surface area contributed by atoms with Crippen LogP contribution in [0.3, 0.4) is 0 Å². The summed E-state index contributed by atoms with van der Waals surface area (Å²) >= 11 is 12.9. The van der Waals surface area contributed by atoms with Crippen molar-refractivity contribution in [1.82, 2.24) is 5.32 Å². The molecule has 2 rings (SSSR count). The summed E-state index contributed by atoms with van der Waals surface area (Å²) < 4.78 is 10.4. The summed E-state index contributed by atoms with van der Waals surface area (Å²) in [7, 11) is 1.25. The minimum Gasteiger partial charge on any atom is -0.492 e. The van der Waals surface area contributed by atoms with Crippen LogP contribution in [0.2, 0.25) is 10.0 Å². The number of hydrogen-bond acceptors (Lipinski definition) is 6. The summed E-state index contributed by atoms with van der Waals surface area (Å²) in [5, 5.41) is 6.68. The first-order chi connectivity index (χ1) is 14.8. The number of benzene rings is 1. The Balaban J connectivity index is 2.00. The Bertz CT molecular complexity index is 961. The van der Waals surface area contributed by atoms with Crippen LogP contribution >= 0.6 is 34.5 Å². The van der Waals surface area contributed by atoms with Gasteiger partial charge in [-0.1, -0.05) is 30.1 Å². The molecule has 0 spiro atoms. The van der Waals surface area contributed by atoms with E-state index in [4.69, 9.17) is 32.7 Å². The van der Waals surface area contributed by atoms with Crippen LogP contribution in [-0.4, -0.2) is 38.0 Å². The summed E-state index contributed by atoms with van der Waals surface area (Å²) in [6, 6.07) is 4.90. The molecule has 2 amide bonds. The van der Waals surface area contributed by atoms with E-state index in [0.29, 0.717) is 39.2 Å². The molecule has 2 N–H and O–H groups in total. The maximum atomic E-state index is 12.4. The fourth-order valence-corrected chi connectivity index (χ4v) is 4.27. The van der Waals surface area contributed by atoms with Crippen molar-refractivity contribution in [3.63, 3.8) is 0 Å². The third kappa shape index (κ3) is 6.85. The summed E-state index contributed by atoms with van der Waals surface area (Å²) in [5.41, 5.74) is 0.660. The third-order valence-electron chi connectivity index (χ3n) is 4.23. The van der Waals surface area contributed by atoms with Crippen molar-refractivity contribution < 1.29 is 23.9 Å². The van der Waals surface area contributed by atoms with E-state index in [2.05, 4.69) is 10.6 Å². The number of rotatable bonds is 10. The van der Waals surface area contributed by atoms with Gasteiger partial charge in [-0.2, -0.15) is 0 Å². The molecule has 1 aromatic carbocycles. The predicted octanol–water partition coefficient (Wildman–Crippen LogP) is 5.09. The lowest BCUT2D eigenvalue weighted by Crippen LogP contribution is -2.23. The first-order valence-corrected chi connectivity index (χ1v) is 11.2. The molecule has 0 saturated heterocycles. The van der Waals surface area contributed by atoms with Crippen molar-refractivity contribution in [2.45, 2.75) is 33.1 Å². The predicted molar refractivity (Wildman–Crippen MR) is 123 cm³/mol. The zero-order valence-corrected chi connectivity index (χ0v) is 19.8. The van der Waals surface area contributed by atoms with E-state index < -0.39 is 5.97 Å². The van der Waals surface area contributed by atoms with Gasteiger partial charge in [0.1, 0.15) is 10.8 Å². The van der Waals surface area contributed by atoms with Gasteiger partial charge in [0.05, 0.1) is 29.2 Å². The average molecular weight is 487 g/mol. The van der Waals surface area contributed by atoms with Crippen molar-refractivity contribution in [3.05, 3.63) is 44.2 Å². The van der Waals surface area contributed by atoms with Gasteiger partial charge in [0, 0.05) is 18.0 Å². The number of thiophene rings is 1. The van der Waals surface area contributed by atoms with Gasteiger partial charge in [0.2, 0.25) is 5.91 Å². The number of nitrogens with one attached hydrogen (secondary N) is 2. The maximum Gasteiger partial charge on any atom is 0.341 e. The van der Waals surface area contributed by atoms with Gasteiger partial charge in [-0.15, -0.1) is 11.3 Å². The largest absolute Gasteiger partial charge is 0.492 e. The molecular formula is C21H24Cl2N2O5S. The van der Waals surface area contributed by atoms with Gasteiger partial charge < -0.3 is 20.1 Å². The molecule has 0 radical (unpaired) electrons. The number of amides is 2. The zero-order valence-electron chi connectivity index (χ0n) is 17.5. The second-order valence-corrected chi connectivity index (χ2v) is 8.45. The van der Waals surface area contributed by atoms with Gasteiger partial charge in [0.15, 0.2) is 0 Å². The number of hydrogen-bond donors (Lipinski definition) is 2. The maximum absolute atomic E-state index is 12.4. The monoisotopic (exact) mass is 486 g/mol. The number of carbonyl (C=O) groups is 3. The lowest BCUT2D eigenvalue weighted by Gasteiger charge is -2.09. The number of methoxy groups -OCH3 is 1. The Morgan fingerprint density at radius 2 is 1.94 bits per heavy atom. The molecule has 10 heteroatoms. The van der Waals surface area contributed by atoms with Crippen molar-refractivity contribution in [2.75, 3.05) is 25.6 Å². The highest BCUT2D eigenvalue weighted by Crippen LogP contribution is 2.34. The molecule has 1 aromatic heterocycles. The number of esters is 1. The van der Waals surface area contributed by atoms with E-state index in [1.165, 1.54) is 7.11 Å². The normalized spacial score (nSPS) is 10.5. The van der Waals surface area contributed by atoms with Crippen LogP contribution in [0.15, 0.2) is 18.2 Å². The van der Waals surface area contributed by atoms with Crippen molar-refractivity contribution in [3.8, 4) is 5.75 Å². The lowest BCUT2D eigenvalue weighted by atomic mass is 10.1. The molecule has 0 saturated carbocycles. The molecule has 1 heterocycles. The van der Waals surface area contributed by atoms with Crippen LogP contribution in [0.4, 0.5) is 5.00 Å². The van der Waals surface area contributed by atoms with E-state index in [1.54, 1.807) is 25.1 Å². The Labute approximate surface area is 195 Å². The Hall–Kier alpha value is -2.29. The first kappa shape index (κ1) is 25.0. The smallest absolute Gasteiger partial charge is 0.341 e. The van der Waals surface area contributed by atoms with Gasteiger partial charge in [-0.25, -0.2) is 4.79 Å². The number of anilines is 1. The minimum absolute atomic E-state index is 0.153. The standard InChI is InChI=1S/C21H24Cl2N2O5S/c1-4-9-24-19(27)18-12(2)17(21(28)29-3)20(31-18)25-16(26)6-5-10-30-15-8-7-13(22)11-14(15)23/h7-8,11H,4-6,9-10H2,1-3H3,(H,24,27)(H,25,26). The Kier molecular flexibility index (Phi) is 9.61. The molecule has 0 aliphatic carbocycles. The third-order valence-corrected chi connectivity index (χ3v) is 5.97. The molecule has 31 heavy (non-hydrogen) atoms. The molecule has 7 nitrogen and oxygen atoms in total. The van der Waals surface area contributed by atoms with Gasteiger partial charge in [-0.05, 0) is 43.5 Å². The average Bonchev–Trinajstić information content (AvgIpc) is 3.05. The Morgan fingerprint density at radius 3 is 2.58 bits per heavy atom. The molecule has 168 valence electrons. The zero-order chi connectivity index (χ0) is 23.0. The van der Waals surface area contributed by atoms with E-state index in [-0.39, 0.29) is 35.4 Å². The Morgan fingerprint density at radius 1 is 1.19 bits per heavy atom. The number of ether oxygens (including phenoxy) is 2. The summed E-state index contributed by atoms with van der Waals surface area (Å²) in [6.45, 7) is 4.39. The van der Waals surface area contributed by atoms with E-state index in [9.17, 15) is 14.4 Å². The van der Waals surface area contributed by atoms with Crippen LogP contribution in [0.1, 0.15) is 51.8 Å². The molecule has 0 atom stereocenters. The van der Waals surface area contributed by atoms with Crippen LogP contribution in [0.25, 0.3) is 0 Å². The van der Waals surface area contributed by atoms with Crippen molar-refractivity contribution in [1.29, 1.82) is 0 Å². The molecule has 0 unspecified atom stereocenters. The molecular weight excluding hydrogens is 463 g/mol. The molecule has 0 bridgehead atoms. The van der Waals surface area contributed by atoms with Crippen molar-refractivity contribution in [2.24, 2.45) is 0 Å². The van der Waals surface area contributed by atoms with E-state index in [0.717, 1.165) is 17.8 Å². The SMILES string of the molecule is CCCNC(=O)c1sc(NC(=O)CCCOc2ccc(Cl)cc2Cl)c(C(=O)OC)c1C. The highest BCUT2D eigenvalue weighted by molar-refractivity contribution is 7.18. The second-order valence-electron chi connectivity index (χ2n) is 6.58. The quantitative estimate of drug-likeness (QED) is 0.360. The highest BCUT2D eigenvalue weighted by Gasteiger charge is 2.26. The summed E-state index contributed by atoms with van der Waals surface area (Å²) in [4.78, 5) is 37.4. The minimum atomic E-state index is -0.612. The molecule has 0 aliphatic rings. The van der Waals surface area contributed by atoms with E-state index >= 15 is 0 Å². The van der Waals surface area contributed by atoms with Gasteiger partial charge in [0.25, 0.3) is 5.91 Å². The summed E-state index contributed by atoms with van der Waals surface area (Å²) in [6.07, 6.45) is 1.36. The number of halogens is 2. The van der Waals surface area contributed by atoms with Crippen LogP contribution in [0, 0.1) is 6.92 Å². The van der Waals surface area contributed by atoms with Gasteiger partial charge >= 0.3 is 5.97 Å². The van der Waals surface area contributed by atoms with Crippen LogP contribution in [0.5, 0.6) is 5.75 Å². The fourth-order valence-electron chi connectivity index (χ4n) is 2.68. The molecule has 2 aromatic rings. The lowest BCUT2D eigenvalue weighted by molar-refractivity contribution is -0.116. The highest BCUT2D eigenvalue weighted by atomic mass is 35.5. The summed E-state index contributed by atoms with van der Waals surface area (Å²) in [5.74, 6) is -0.726. The van der Waals surface area contributed by atoms with Crippen LogP contribution < -0.4 is 15.4 Å². The van der Waals surface area contributed by atoms with Crippen molar-refractivity contribution >= 4 is 57.3 Å². The first-order valence-electron chi connectivity index (χ1n) is 9.66. The topological polar surface area (TPSA) is 93.7 Å². The molecule has 0 fully saturated rings. The van der Waals surface area contributed by atoms with Crippen LogP contribution in [-0.2, 0) is 9.53 Å². The molecule has 0 aliphatic heterocycles. The van der Waals surface area contributed by atoms with Gasteiger partial charge in [-0.3, -0.25) is 9.59 Å². The fraction of sp³-hybridized carbons (Fsp3) is 0.381. The van der Waals surface area contributed by atoms with E-state index in [1.807, 2.05) is 6.92 Å².